The number of nitrogens with one attached hydrogen (secondary N) is 1. The summed E-state index contributed by atoms with van der Waals surface area (Å²) in [6, 6.07) is 11.2. The van der Waals surface area contributed by atoms with Crippen LogP contribution in [0.5, 0.6) is 11.5 Å². The number of hydrogen-bond donors (Lipinski definition) is 1. The van der Waals surface area contributed by atoms with Crippen LogP contribution in [0.2, 0.25) is 0 Å². The summed E-state index contributed by atoms with van der Waals surface area (Å²) in [7, 11) is 1.53. The number of ether oxygens (including phenoxy) is 3. The zero-order chi connectivity index (χ0) is 22.1. The van der Waals surface area contributed by atoms with Crippen LogP contribution >= 0.6 is 0 Å². The standard InChI is InChI=1S/C24H29NO5/c1-6-7-19-9-11-21(22(13-19)28-5)29-15-24(27)30-14-23(26)25-18(4)20-10-8-16(2)17(3)12-20/h6-13,18H,14-15H2,1-5H3,(H,25,26)/b7-6+/t18-/m1/s1. The molecule has 0 aliphatic carbocycles. The van der Waals surface area contributed by atoms with E-state index in [-0.39, 0.29) is 25.2 Å². The molecule has 30 heavy (non-hydrogen) atoms. The predicted octanol–water partition coefficient (Wildman–Crippen LogP) is 4.14. The smallest absolute Gasteiger partial charge is 0.344 e. The number of allylic oxidation sites excluding steroid dienone is 1. The van der Waals surface area contributed by atoms with Gasteiger partial charge in [0.2, 0.25) is 0 Å². The predicted molar refractivity (Wildman–Crippen MR) is 117 cm³/mol. The molecule has 6 heteroatoms. The van der Waals surface area contributed by atoms with Gasteiger partial charge in [0.05, 0.1) is 13.2 Å². The van der Waals surface area contributed by atoms with Gasteiger partial charge in [0.25, 0.3) is 5.91 Å². The highest BCUT2D eigenvalue weighted by molar-refractivity contribution is 5.81. The van der Waals surface area contributed by atoms with E-state index in [1.807, 2.05) is 70.2 Å². The van der Waals surface area contributed by atoms with Crippen molar-refractivity contribution >= 4 is 18.0 Å². The summed E-state index contributed by atoms with van der Waals surface area (Å²) in [4.78, 5) is 24.0. The third kappa shape index (κ3) is 6.65. The molecule has 0 spiro atoms. The van der Waals surface area contributed by atoms with Crippen molar-refractivity contribution in [2.75, 3.05) is 20.3 Å². The molecule has 0 bridgehead atoms. The van der Waals surface area contributed by atoms with Gasteiger partial charge in [-0.15, -0.1) is 0 Å². The van der Waals surface area contributed by atoms with Crippen LogP contribution in [0.4, 0.5) is 0 Å². The first kappa shape index (κ1) is 23.0. The van der Waals surface area contributed by atoms with Crippen LogP contribution in [0.15, 0.2) is 42.5 Å². The molecule has 160 valence electrons. The van der Waals surface area contributed by atoms with Crippen LogP contribution < -0.4 is 14.8 Å². The van der Waals surface area contributed by atoms with Crippen molar-refractivity contribution in [3.63, 3.8) is 0 Å². The Morgan fingerprint density at radius 3 is 2.47 bits per heavy atom. The number of hydrogen-bond acceptors (Lipinski definition) is 5. The molecule has 1 atom stereocenters. The Balaban J connectivity index is 1.81. The van der Waals surface area contributed by atoms with Crippen molar-refractivity contribution in [2.45, 2.75) is 33.7 Å². The molecule has 2 aromatic carbocycles. The normalized spacial score (nSPS) is 11.8. The van der Waals surface area contributed by atoms with Gasteiger partial charge < -0.3 is 19.5 Å². The van der Waals surface area contributed by atoms with Crippen molar-refractivity contribution in [1.82, 2.24) is 5.32 Å². The maximum absolute atomic E-state index is 12.1. The summed E-state index contributed by atoms with van der Waals surface area (Å²) in [6.45, 7) is 7.19. The quantitative estimate of drug-likeness (QED) is 0.628. The van der Waals surface area contributed by atoms with Crippen LogP contribution in [-0.2, 0) is 14.3 Å². The van der Waals surface area contributed by atoms with Gasteiger partial charge in [-0.2, -0.15) is 0 Å². The first-order valence-electron chi connectivity index (χ1n) is 9.79. The Morgan fingerprint density at radius 1 is 1.03 bits per heavy atom. The summed E-state index contributed by atoms with van der Waals surface area (Å²) in [6.07, 6.45) is 3.84. The minimum Gasteiger partial charge on any atom is -0.493 e. The van der Waals surface area contributed by atoms with E-state index in [0.717, 1.165) is 16.7 Å². The number of carbonyl (C=O) groups excluding carboxylic acids is 2. The Bertz CT molecular complexity index is 920. The molecule has 1 amide bonds. The molecule has 1 N–H and O–H groups in total. The number of benzene rings is 2. The zero-order valence-corrected chi connectivity index (χ0v) is 18.2. The third-order valence-corrected chi connectivity index (χ3v) is 4.67. The molecule has 6 nitrogen and oxygen atoms in total. The van der Waals surface area contributed by atoms with E-state index in [0.29, 0.717) is 11.5 Å². The zero-order valence-electron chi connectivity index (χ0n) is 18.2. The van der Waals surface area contributed by atoms with Gasteiger partial charge in [0.1, 0.15) is 0 Å². The molecular weight excluding hydrogens is 382 g/mol. The fourth-order valence-electron chi connectivity index (χ4n) is 2.82. The lowest BCUT2D eigenvalue weighted by atomic mass is 10.0. The molecule has 0 heterocycles. The van der Waals surface area contributed by atoms with E-state index in [1.54, 1.807) is 6.07 Å². The van der Waals surface area contributed by atoms with Crippen molar-refractivity contribution in [3.05, 3.63) is 64.7 Å². The monoisotopic (exact) mass is 411 g/mol. The lowest BCUT2D eigenvalue weighted by Gasteiger charge is -2.16. The number of rotatable bonds is 9. The molecule has 2 aromatic rings. The Kier molecular flexibility index (Phi) is 8.47. The molecule has 0 unspecified atom stereocenters. The fourth-order valence-corrected chi connectivity index (χ4v) is 2.82. The van der Waals surface area contributed by atoms with Gasteiger partial charge in [-0.05, 0) is 62.1 Å². The second kappa shape index (κ2) is 11.0. The van der Waals surface area contributed by atoms with Gasteiger partial charge >= 0.3 is 5.97 Å². The maximum atomic E-state index is 12.1. The minimum atomic E-state index is -0.636. The van der Waals surface area contributed by atoms with Gasteiger partial charge in [-0.3, -0.25) is 4.79 Å². The topological polar surface area (TPSA) is 73.9 Å². The fraction of sp³-hybridized carbons (Fsp3) is 0.333. The summed E-state index contributed by atoms with van der Waals surface area (Å²) < 4.78 is 15.8. The van der Waals surface area contributed by atoms with E-state index >= 15 is 0 Å². The molecule has 0 saturated heterocycles. The summed E-state index contributed by atoms with van der Waals surface area (Å²) in [5.41, 5.74) is 4.30. The van der Waals surface area contributed by atoms with Crippen LogP contribution in [0, 0.1) is 13.8 Å². The molecule has 0 fully saturated rings. The van der Waals surface area contributed by atoms with Gasteiger partial charge in [-0.1, -0.05) is 36.4 Å². The molecular formula is C24H29NO5. The van der Waals surface area contributed by atoms with Gasteiger partial charge in [-0.25, -0.2) is 4.79 Å². The SMILES string of the molecule is C/C=C/c1ccc(OCC(=O)OCC(=O)N[C@H](C)c2ccc(C)c(C)c2)c(OC)c1. The van der Waals surface area contributed by atoms with E-state index in [2.05, 4.69) is 5.32 Å². The number of methoxy groups -OCH3 is 1. The summed E-state index contributed by atoms with van der Waals surface area (Å²) in [5, 5.41) is 2.83. The number of carbonyl (C=O) groups is 2. The van der Waals surface area contributed by atoms with E-state index in [9.17, 15) is 9.59 Å². The number of aryl methyl sites for hydroxylation is 2. The average molecular weight is 411 g/mol. The second-order valence-electron chi connectivity index (χ2n) is 6.99. The van der Waals surface area contributed by atoms with Gasteiger partial charge in [0.15, 0.2) is 24.7 Å². The van der Waals surface area contributed by atoms with Crippen LogP contribution in [0.25, 0.3) is 6.08 Å². The lowest BCUT2D eigenvalue weighted by molar-refractivity contribution is -0.150. The van der Waals surface area contributed by atoms with Crippen molar-refractivity contribution in [2.24, 2.45) is 0 Å². The molecule has 0 aromatic heterocycles. The summed E-state index contributed by atoms with van der Waals surface area (Å²) >= 11 is 0. The third-order valence-electron chi connectivity index (χ3n) is 4.67. The molecule has 0 radical (unpaired) electrons. The Morgan fingerprint density at radius 2 is 1.80 bits per heavy atom. The van der Waals surface area contributed by atoms with Crippen molar-refractivity contribution < 1.29 is 23.8 Å². The highest BCUT2D eigenvalue weighted by Crippen LogP contribution is 2.28. The van der Waals surface area contributed by atoms with E-state index < -0.39 is 5.97 Å². The van der Waals surface area contributed by atoms with E-state index in [4.69, 9.17) is 14.2 Å². The molecule has 0 saturated carbocycles. The van der Waals surface area contributed by atoms with Crippen LogP contribution in [0.3, 0.4) is 0 Å². The Hall–Kier alpha value is -3.28. The first-order chi connectivity index (χ1) is 14.3. The van der Waals surface area contributed by atoms with Crippen molar-refractivity contribution in [1.29, 1.82) is 0 Å². The average Bonchev–Trinajstić information content (AvgIpc) is 2.73. The maximum Gasteiger partial charge on any atom is 0.344 e. The van der Waals surface area contributed by atoms with E-state index in [1.165, 1.54) is 12.7 Å². The van der Waals surface area contributed by atoms with Gasteiger partial charge in [0, 0.05) is 0 Å². The van der Waals surface area contributed by atoms with Crippen LogP contribution in [-0.4, -0.2) is 32.2 Å². The molecule has 0 aliphatic rings. The lowest BCUT2D eigenvalue weighted by Crippen LogP contribution is -2.32. The minimum absolute atomic E-state index is 0.188. The first-order valence-corrected chi connectivity index (χ1v) is 9.79. The molecule has 2 rings (SSSR count). The second-order valence-corrected chi connectivity index (χ2v) is 6.99. The highest BCUT2D eigenvalue weighted by atomic mass is 16.6. The largest absolute Gasteiger partial charge is 0.493 e. The number of esters is 1. The van der Waals surface area contributed by atoms with Crippen molar-refractivity contribution in [3.8, 4) is 11.5 Å². The van der Waals surface area contributed by atoms with Crippen LogP contribution in [0.1, 0.15) is 42.1 Å². The number of amides is 1. The summed E-state index contributed by atoms with van der Waals surface area (Å²) in [5.74, 6) is -0.0696. The molecule has 0 aliphatic heterocycles. The highest BCUT2D eigenvalue weighted by Gasteiger charge is 2.14. The Labute approximate surface area is 177 Å².